The van der Waals surface area contributed by atoms with Gasteiger partial charge in [0.05, 0.1) is 24.5 Å². The molecule has 2 fully saturated rings. The van der Waals surface area contributed by atoms with Gasteiger partial charge in [0, 0.05) is 57.7 Å². The molecule has 0 aliphatic carbocycles. The van der Waals surface area contributed by atoms with E-state index in [2.05, 4.69) is 33.5 Å². The summed E-state index contributed by atoms with van der Waals surface area (Å²) in [6, 6.07) is 4.26. The summed E-state index contributed by atoms with van der Waals surface area (Å²) >= 11 is 0. The van der Waals surface area contributed by atoms with Crippen LogP contribution in [-0.4, -0.2) is 67.4 Å². The molecular formula is C22H31N5O2. The average molecular weight is 398 g/mol. The van der Waals surface area contributed by atoms with Gasteiger partial charge in [0.2, 0.25) is 0 Å². The fraction of sp³-hybridized carbons (Fsp3) is 0.636. The van der Waals surface area contributed by atoms with E-state index in [1.54, 1.807) is 0 Å². The van der Waals surface area contributed by atoms with E-state index < -0.39 is 0 Å². The fourth-order valence-electron chi connectivity index (χ4n) is 4.92. The van der Waals surface area contributed by atoms with Crippen LogP contribution in [0, 0.1) is 12.8 Å². The molecule has 29 heavy (non-hydrogen) atoms. The summed E-state index contributed by atoms with van der Waals surface area (Å²) in [6.45, 7) is 10.4. The van der Waals surface area contributed by atoms with Crippen LogP contribution in [0.2, 0.25) is 0 Å². The normalized spacial score (nSPS) is 20.7. The molecule has 7 heteroatoms. The Labute approximate surface area is 172 Å². The summed E-state index contributed by atoms with van der Waals surface area (Å²) in [5.41, 5.74) is 3.56. The summed E-state index contributed by atoms with van der Waals surface area (Å²) < 4.78 is 13.4. The van der Waals surface area contributed by atoms with Gasteiger partial charge in [-0.25, -0.2) is 9.67 Å². The van der Waals surface area contributed by atoms with Crippen molar-refractivity contribution in [3.8, 4) is 11.1 Å². The maximum Gasteiger partial charge on any atom is 0.136 e. The van der Waals surface area contributed by atoms with Crippen LogP contribution < -0.4 is 9.80 Å². The molecule has 2 aromatic heterocycles. The SMILES string of the molecule is Cc1nn2c(c1-c1cccnc1N1CCOCC1)N(CC1CCOCC1)CCC2. The van der Waals surface area contributed by atoms with E-state index in [0.29, 0.717) is 5.92 Å². The predicted molar refractivity (Wildman–Crippen MR) is 114 cm³/mol. The monoisotopic (exact) mass is 397 g/mol. The summed E-state index contributed by atoms with van der Waals surface area (Å²) in [5, 5.41) is 4.94. The molecule has 3 aliphatic heterocycles. The second-order valence-corrected chi connectivity index (χ2v) is 8.34. The van der Waals surface area contributed by atoms with Gasteiger partial charge in [-0.05, 0) is 44.2 Å². The van der Waals surface area contributed by atoms with Crippen molar-refractivity contribution in [3.63, 3.8) is 0 Å². The van der Waals surface area contributed by atoms with Crippen LogP contribution >= 0.6 is 0 Å². The number of hydrogen-bond acceptors (Lipinski definition) is 6. The zero-order valence-corrected chi connectivity index (χ0v) is 17.3. The van der Waals surface area contributed by atoms with Gasteiger partial charge in [0.15, 0.2) is 0 Å². The highest BCUT2D eigenvalue weighted by Crippen LogP contribution is 2.40. The number of rotatable bonds is 4. The van der Waals surface area contributed by atoms with Crippen molar-refractivity contribution in [3.05, 3.63) is 24.0 Å². The molecule has 0 radical (unpaired) electrons. The van der Waals surface area contributed by atoms with Gasteiger partial charge in [-0.1, -0.05) is 0 Å². The maximum absolute atomic E-state index is 5.58. The quantitative estimate of drug-likeness (QED) is 0.791. The lowest BCUT2D eigenvalue weighted by Gasteiger charge is -2.35. The Hall–Kier alpha value is -2.12. The Morgan fingerprint density at radius 3 is 2.66 bits per heavy atom. The molecule has 2 aromatic rings. The van der Waals surface area contributed by atoms with Gasteiger partial charge < -0.3 is 19.3 Å². The molecule has 2 saturated heterocycles. The zero-order valence-electron chi connectivity index (χ0n) is 17.3. The molecule has 5 rings (SSSR count). The first-order chi connectivity index (χ1) is 14.3. The molecule has 5 heterocycles. The molecule has 0 spiro atoms. The summed E-state index contributed by atoms with van der Waals surface area (Å²) in [7, 11) is 0. The van der Waals surface area contributed by atoms with E-state index >= 15 is 0 Å². The summed E-state index contributed by atoms with van der Waals surface area (Å²) in [6.07, 6.45) is 5.37. The predicted octanol–water partition coefficient (Wildman–Crippen LogP) is 2.73. The zero-order chi connectivity index (χ0) is 19.6. The van der Waals surface area contributed by atoms with Gasteiger partial charge in [-0.2, -0.15) is 5.10 Å². The topological polar surface area (TPSA) is 55.7 Å². The molecule has 3 aliphatic rings. The van der Waals surface area contributed by atoms with E-state index in [4.69, 9.17) is 19.6 Å². The highest BCUT2D eigenvalue weighted by molar-refractivity contribution is 5.86. The highest BCUT2D eigenvalue weighted by atomic mass is 16.5. The Morgan fingerprint density at radius 1 is 1.03 bits per heavy atom. The Balaban J connectivity index is 1.53. The van der Waals surface area contributed by atoms with Crippen molar-refractivity contribution in [2.45, 2.75) is 32.7 Å². The first kappa shape index (κ1) is 18.9. The average Bonchev–Trinajstić information content (AvgIpc) is 3.12. The lowest BCUT2D eigenvalue weighted by molar-refractivity contribution is 0.0679. The van der Waals surface area contributed by atoms with Crippen molar-refractivity contribution in [1.82, 2.24) is 14.8 Å². The molecule has 0 amide bonds. The van der Waals surface area contributed by atoms with E-state index in [9.17, 15) is 0 Å². The van der Waals surface area contributed by atoms with Crippen molar-refractivity contribution in [2.24, 2.45) is 5.92 Å². The number of aromatic nitrogens is 3. The minimum Gasteiger partial charge on any atom is -0.381 e. The summed E-state index contributed by atoms with van der Waals surface area (Å²) in [4.78, 5) is 9.72. The number of morpholine rings is 1. The second-order valence-electron chi connectivity index (χ2n) is 8.34. The molecule has 0 N–H and O–H groups in total. The first-order valence-electron chi connectivity index (χ1n) is 11.0. The first-order valence-corrected chi connectivity index (χ1v) is 11.0. The van der Waals surface area contributed by atoms with Gasteiger partial charge in [0.25, 0.3) is 0 Å². The van der Waals surface area contributed by atoms with Gasteiger partial charge in [-0.3, -0.25) is 0 Å². The molecule has 156 valence electrons. The molecule has 7 nitrogen and oxygen atoms in total. The number of anilines is 2. The van der Waals surface area contributed by atoms with Gasteiger partial charge >= 0.3 is 0 Å². The smallest absolute Gasteiger partial charge is 0.136 e. The van der Waals surface area contributed by atoms with Crippen LogP contribution in [-0.2, 0) is 16.0 Å². The number of nitrogens with zero attached hydrogens (tertiary/aromatic N) is 5. The lowest BCUT2D eigenvalue weighted by atomic mass is 9.98. The molecule has 0 bridgehead atoms. The van der Waals surface area contributed by atoms with Crippen molar-refractivity contribution in [2.75, 3.05) is 62.4 Å². The van der Waals surface area contributed by atoms with Crippen LogP contribution in [0.15, 0.2) is 18.3 Å². The van der Waals surface area contributed by atoms with Crippen LogP contribution in [0.1, 0.15) is 25.0 Å². The number of ether oxygens (including phenoxy) is 2. The van der Waals surface area contributed by atoms with E-state index in [1.165, 1.54) is 16.9 Å². The molecule has 0 saturated carbocycles. The minimum atomic E-state index is 0.700. The molecular weight excluding hydrogens is 366 g/mol. The Kier molecular flexibility index (Phi) is 5.42. The van der Waals surface area contributed by atoms with Crippen LogP contribution in [0.25, 0.3) is 11.1 Å². The third-order valence-corrected chi connectivity index (χ3v) is 6.38. The number of pyridine rings is 1. The fourth-order valence-corrected chi connectivity index (χ4v) is 4.92. The molecule has 0 aromatic carbocycles. The third-order valence-electron chi connectivity index (χ3n) is 6.38. The van der Waals surface area contributed by atoms with Crippen molar-refractivity contribution >= 4 is 11.6 Å². The largest absolute Gasteiger partial charge is 0.381 e. The molecule has 0 atom stereocenters. The third kappa shape index (κ3) is 3.73. The van der Waals surface area contributed by atoms with E-state index in [1.807, 2.05) is 6.20 Å². The standard InChI is InChI=1S/C22H31N5O2/c1-17-20(19-4-2-7-23-21(19)25-10-14-29-15-11-25)22-26(8-3-9-27(22)24-17)16-18-5-12-28-13-6-18/h2,4,7,18H,3,5-6,8-16H2,1H3. The number of fused-ring (bicyclic) bond motifs is 1. The van der Waals surface area contributed by atoms with Crippen LogP contribution in [0.5, 0.6) is 0 Å². The lowest BCUT2D eigenvalue weighted by Crippen LogP contribution is -2.38. The van der Waals surface area contributed by atoms with E-state index in [0.717, 1.165) is 89.9 Å². The Bertz CT molecular complexity index is 840. The molecule has 0 unspecified atom stereocenters. The van der Waals surface area contributed by atoms with Crippen molar-refractivity contribution < 1.29 is 9.47 Å². The minimum absolute atomic E-state index is 0.700. The van der Waals surface area contributed by atoms with Gasteiger partial charge in [0.1, 0.15) is 11.6 Å². The van der Waals surface area contributed by atoms with Crippen molar-refractivity contribution in [1.29, 1.82) is 0 Å². The second kappa shape index (κ2) is 8.32. The number of hydrogen-bond donors (Lipinski definition) is 0. The maximum atomic E-state index is 5.58. The van der Waals surface area contributed by atoms with Crippen LogP contribution in [0.4, 0.5) is 11.6 Å². The van der Waals surface area contributed by atoms with E-state index in [-0.39, 0.29) is 0 Å². The summed E-state index contributed by atoms with van der Waals surface area (Å²) in [5.74, 6) is 3.04. The van der Waals surface area contributed by atoms with Crippen LogP contribution in [0.3, 0.4) is 0 Å². The highest BCUT2D eigenvalue weighted by Gasteiger charge is 2.30. The van der Waals surface area contributed by atoms with Gasteiger partial charge in [-0.15, -0.1) is 0 Å². The Morgan fingerprint density at radius 2 is 1.83 bits per heavy atom. The number of aryl methyl sites for hydroxylation is 2.